The molecule has 20 heavy (non-hydrogen) atoms. The third kappa shape index (κ3) is 7.61. The minimum absolute atomic E-state index is 0.0807. The van der Waals surface area contributed by atoms with Gasteiger partial charge < -0.3 is 14.2 Å². The lowest BCUT2D eigenvalue weighted by Gasteiger charge is -2.01. The molecule has 0 N–H and O–H groups in total. The molecule has 0 bridgehead atoms. The fourth-order valence-electron chi connectivity index (χ4n) is 2.75. The Bertz CT molecular complexity index is 240. The van der Waals surface area contributed by atoms with Gasteiger partial charge in [0.2, 0.25) is 0 Å². The number of hydrogen-bond donors (Lipinski definition) is 0. The summed E-state index contributed by atoms with van der Waals surface area (Å²) in [6.45, 7) is 3.78. The molecular weight excluding hydrogens is 252 g/mol. The lowest BCUT2D eigenvalue weighted by molar-refractivity contribution is 0.0406. The Labute approximate surface area is 124 Å². The molecule has 0 radical (unpaired) electrons. The molecule has 3 atom stereocenters. The Morgan fingerprint density at radius 1 is 0.850 bits per heavy atom. The molecule has 3 nitrogen and oxygen atoms in total. The van der Waals surface area contributed by atoms with Crippen LogP contribution in [0, 0.1) is 0 Å². The molecule has 3 unspecified atom stereocenters. The van der Waals surface area contributed by atoms with Gasteiger partial charge in [-0.15, -0.1) is 0 Å². The lowest BCUT2D eigenvalue weighted by atomic mass is 10.0. The van der Waals surface area contributed by atoms with E-state index < -0.39 is 0 Å². The number of epoxide rings is 2. The number of rotatable bonds is 14. The van der Waals surface area contributed by atoms with Crippen LogP contribution in [0.2, 0.25) is 0 Å². The first-order chi connectivity index (χ1) is 9.90. The first-order valence-electron chi connectivity index (χ1n) is 8.79. The van der Waals surface area contributed by atoms with E-state index in [-0.39, 0.29) is 6.29 Å². The summed E-state index contributed by atoms with van der Waals surface area (Å²) in [5.74, 6) is 0. The monoisotopic (exact) mass is 284 g/mol. The molecule has 0 aromatic heterocycles. The molecule has 2 rings (SSSR count). The average Bonchev–Trinajstić information content (AvgIpc) is 3.34. The highest BCUT2D eigenvalue weighted by molar-refractivity contribution is 4.84. The molecule has 0 aromatic carbocycles. The second kappa shape index (κ2) is 9.75. The summed E-state index contributed by atoms with van der Waals surface area (Å²) >= 11 is 0. The summed E-state index contributed by atoms with van der Waals surface area (Å²) in [6.07, 6.45) is 16.2. The molecule has 2 aliphatic rings. The van der Waals surface area contributed by atoms with Crippen LogP contribution >= 0.6 is 0 Å². The van der Waals surface area contributed by atoms with Crippen molar-refractivity contribution < 1.29 is 14.2 Å². The topological polar surface area (TPSA) is 34.3 Å². The Hall–Kier alpha value is -0.120. The Morgan fingerprint density at radius 3 is 2.05 bits per heavy atom. The van der Waals surface area contributed by atoms with Gasteiger partial charge in [0.05, 0.1) is 12.7 Å². The van der Waals surface area contributed by atoms with Gasteiger partial charge in [-0.1, -0.05) is 71.1 Å². The predicted octanol–water partition coefficient (Wildman–Crippen LogP) is 4.44. The van der Waals surface area contributed by atoms with Gasteiger partial charge in [-0.2, -0.15) is 0 Å². The van der Waals surface area contributed by atoms with E-state index in [1.807, 2.05) is 0 Å². The average molecular weight is 284 g/mol. The number of hydrogen-bond acceptors (Lipinski definition) is 3. The van der Waals surface area contributed by atoms with Crippen LogP contribution in [-0.4, -0.2) is 31.7 Å². The van der Waals surface area contributed by atoms with E-state index in [4.69, 9.17) is 14.2 Å². The smallest absolute Gasteiger partial charge is 0.181 e. The predicted molar refractivity (Wildman–Crippen MR) is 80.8 cm³/mol. The third-order valence-electron chi connectivity index (χ3n) is 4.28. The highest BCUT2D eigenvalue weighted by Crippen LogP contribution is 2.29. The van der Waals surface area contributed by atoms with Gasteiger partial charge in [-0.3, -0.25) is 0 Å². The summed E-state index contributed by atoms with van der Waals surface area (Å²) in [4.78, 5) is 0. The SMILES string of the molecule is CCCCCCCCCCCCC1OC1COC1CO1. The summed E-state index contributed by atoms with van der Waals surface area (Å²) < 4.78 is 16.1. The van der Waals surface area contributed by atoms with Gasteiger partial charge in [-0.05, 0) is 6.42 Å². The van der Waals surface area contributed by atoms with Crippen LogP contribution in [0.4, 0.5) is 0 Å². The van der Waals surface area contributed by atoms with Crippen molar-refractivity contribution >= 4 is 0 Å². The van der Waals surface area contributed by atoms with Gasteiger partial charge >= 0.3 is 0 Å². The first kappa shape index (κ1) is 16.3. The maximum Gasteiger partial charge on any atom is 0.181 e. The first-order valence-corrected chi connectivity index (χ1v) is 8.79. The Kier molecular flexibility index (Phi) is 7.92. The molecule has 0 aromatic rings. The van der Waals surface area contributed by atoms with Crippen molar-refractivity contribution in [3.8, 4) is 0 Å². The van der Waals surface area contributed by atoms with Gasteiger partial charge in [0.1, 0.15) is 12.7 Å². The summed E-state index contributed by atoms with van der Waals surface area (Å²) in [5.41, 5.74) is 0. The van der Waals surface area contributed by atoms with E-state index in [9.17, 15) is 0 Å². The Balaban J connectivity index is 1.26. The van der Waals surface area contributed by atoms with Gasteiger partial charge in [0, 0.05) is 0 Å². The lowest BCUT2D eigenvalue weighted by Crippen LogP contribution is -2.06. The molecule has 2 aliphatic heterocycles. The molecule has 0 saturated carbocycles. The summed E-state index contributed by atoms with van der Waals surface area (Å²) in [5, 5.41) is 0. The van der Waals surface area contributed by atoms with Crippen molar-refractivity contribution in [2.75, 3.05) is 13.2 Å². The van der Waals surface area contributed by atoms with Crippen LogP contribution in [0.1, 0.15) is 77.6 Å². The van der Waals surface area contributed by atoms with Crippen molar-refractivity contribution in [3.63, 3.8) is 0 Å². The van der Waals surface area contributed by atoms with E-state index in [0.717, 1.165) is 13.2 Å². The highest BCUT2D eigenvalue weighted by Gasteiger charge is 2.39. The molecule has 0 aliphatic carbocycles. The maximum atomic E-state index is 5.60. The zero-order chi connectivity index (χ0) is 14.0. The summed E-state index contributed by atoms with van der Waals surface area (Å²) in [7, 11) is 0. The Morgan fingerprint density at radius 2 is 1.45 bits per heavy atom. The van der Waals surface area contributed by atoms with E-state index in [0.29, 0.717) is 12.2 Å². The van der Waals surface area contributed by atoms with E-state index >= 15 is 0 Å². The fourth-order valence-corrected chi connectivity index (χ4v) is 2.75. The zero-order valence-corrected chi connectivity index (χ0v) is 13.1. The zero-order valence-electron chi connectivity index (χ0n) is 13.1. The van der Waals surface area contributed by atoms with Crippen molar-refractivity contribution in [3.05, 3.63) is 0 Å². The molecule has 2 heterocycles. The number of ether oxygens (including phenoxy) is 3. The van der Waals surface area contributed by atoms with Crippen molar-refractivity contribution in [2.45, 2.75) is 96.1 Å². The number of unbranched alkanes of at least 4 members (excludes halogenated alkanes) is 9. The van der Waals surface area contributed by atoms with Gasteiger partial charge in [0.15, 0.2) is 6.29 Å². The van der Waals surface area contributed by atoms with E-state index in [1.54, 1.807) is 0 Å². The maximum absolute atomic E-state index is 5.60. The van der Waals surface area contributed by atoms with E-state index in [1.165, 1.54) is 70.6 Å². The highest BCUT2D eigenvalue weighted by atomic mass is 16.8. The molecule has 0 spiro atoms. The normalized spacial score (nSPS) is 27.8. The second-order valence-electron chi connectivity index (χ2n) is 6.28. The van der Waals surface area contributed by atoms with Crippen LogP contribution in [0.15, 0.2) is 0 Å². The van der Waals surface area contributed by atoms with Crippen LogP contribution in [0.5, 0.6) is 0 Å². The molecule has 0 amide bonds. The molecular formula is C17H32O3. The van der Waals surface area contributed by atoms with Crippen LogP contribution < -0.4 is 0 Å². The molecule has 2 fully saturated rings. The minimum atomic E-state index is 0.0807. The standard InChI is InChI=1S/C17H32O3/c1-2-3-4-5-6-7-8-9-10-11-12-15-16(20-15)13-18-17-14-19-17/h15-17H,2-14H2,1H3. The largest absolute Gasteiger partial charge is 0.367 e. The van der Waals surface area contributed by atoms with Crippen molar-refractivity contribution in [1.82, 2.24) is 0 Å². The van der Waals surface area contributed by atoms with E-state index in [2.05, 4.69) is 6.92 Å². The quantitative estimate of drug-likeness (QED) is 0.349. The molecule has 3 heteroatoms. The third-order valence-corrected chi connectivity index (χ3v) is 4.28. The van der Waals surface area contributed by atoms with Crippen LogP contribution in [-0.2, 0) is 14.2 Å². The minimum Gasteiger partial charge on any atom is -0.367 e. The van der Waals surface area contributed by atoms with Crippen molar-refractivity contribution in [2.24, 2.45) is 0 Å². The fraction of sp³-hybridized carbons (Fsp3) is 1.00. The molecule has 2 saturated heterocycles. The molecule has 118 valence electrons. The van der Waals surface area contributed by atoms with Gasteiger partial charge in [0.25, 0.3) is 0 Å². The summed E-state index contributed by atoms with van der Waals surface area (Å²) in [6, 6.07) is 0. The van der Waals surface area contributed by atoms with Gasteiger partial charge in [-0.25, -0.2) is 0 Å². The van der Waals surface area contributed by atoms with Crippen LogP contribution in [0.3, 0.4) is 0 Å². The van der Waals surface area contributed by atoms with Crippen molar-refractivity contribution in [1.29, 1.82) is 0 Å². The second-order valence-corrected chi connectivity index (χ2v) is 6.28. The van der Waals surface area contributed by atoms with Crippen LogP contribution in [0.25, 0.3) is 0 Å².